The molecule has 72 heavy (non-hydrogen) atoms. The second kappa shape index (κ2) is 15.3. The van der Waals surface area contributed by atoms with Crippen LogP contribution in [0, 0.1) is 0 Å². The Labute approximate surface area is 420 Å². The van der Waals surface area contributed by atoms with Gasteiger partial charge in [0.1, 0.15) is 34.2 Å². The molecule has 2 aromatic heterocycles. The van der Waals surface area contributed by atoms with E-state index >= 15 is 0 Å². The van der Waals surface area contributed by atoms with Gasteiger partial charge in [0.2, 0.25) is 0 Å². The highest BCUT2D eigenvalue weighted by molar-refractivity contribution is 7.31. The lowest BCUT2D eigenvalue weighted by atomic mass is 9.34. The van der Waals surface area contributed by atoms with E-state index in [4.69, 9.17) is 13.9 Å². The largest absolute Gasteiger partial charge is 0.458 e. The van der Waals surface area contributed by atoms with Crippen LogP contribution in [-0.4, -0.2) is 13.4 Å². The van der Waals surface area contributed by atoms with Gasteiger partial charge in [-0.05, 0) is 116 Å². The third-order valence-corrected chi connectivity index (χ3v) is 16.4. The molecule has 0 bridgehead atoms. The van der Waals surface area contributed by atoms with Gasteiger partial charge in [-0.3, -0.25) is 0 Å². The monoisotopic (exact) mass is 936 g/mol. The molecule has 0 spiro atoms. The van der Waals surface area contributed by atoms with Gasteiger partial charge in [-0.15, -0.1) is 11.3 Å². The van der Waals surface area contributed by atoms with Crippen molar-refractivity contribution in [3.05, 3.63) is 231 Å². The van der Waals surface area contributed by atoms with Gasteiger partial charge >= 0.3 is 0 Å². The van der Waals surface area contributed by atoms with Gasteiger partial charge in [0.25, 0.3) is 13.4 Å². The first-order chi connectivity index (χ1) is 35.7. The van der Waals surface area contributed by atoms with E-state index in [1.807, 2.05) is 11.3 Å². The topological polar surface area (TPSA) is 38.1 Å². The third kappa shape index (κ3) is 5.84. The standard InChI is InChI=1S/C64H38B2N2O3S/c1-6-18-39(19-7-1)42-30-52-62-59(32-42)70-57-37-55-46(34-49(57)65(62)48-28-16-17-29-51(48)67(52)44-24-12-4-13-25-44)47-35-50-58(38-56(47)69-55)71-60-33-43(40-20-8-2-9-21-40)31-53-63(60)66(50)64-54(68(53)45-26-14-5-15-27-45)36-61(72-64)41-22-10-3-11-23-41/h1-38H. The molecule has 0 saturated carbocycles. The van der Waals surface area contributed by atoms with Gasteiger partial charge in [0.15, 0.2) is 0 Å². The van der Waals surface area contributed by atoms with Crippen molar-refractivity contribution >= 4 is 113 Å². The lowest BCUT2D eigenvalue weighted by molar-refractivity contribution is 0.486. The predicted molar refractivity (Wildman–Crippen MR) is 300 cm³/mol. The summed E-state index contributed by atoms with van der Waals surface area (Å²) in [5.74, 6) is 3.31. The molecule has 0 unspecified atom stereocenters. The van der Waals surface area contributed by atoms with Gasteiger partial charge in [0.05, 0.1) is 5.69 Å². The summed E-state index contributed by atoms with van der Waals surface area (Å²) in [7, 11) is 0. The van der Waals surface area contributed by atoms with Gasteiger partial charge in [-0.2, -0.15) is 0 Å². The molecule has 4 aliphatic heterocycles. The van der Waals surface area contributed by atoms with Crippen LogP contribution in [0.25, 0.3) is 54.6 Å². The minimum atomic E-state index is -0.0984. The van der Waals surface area contributed by atoms with Crippen LogP contribution in [0.15, 0.2) is 235 Å². The molecule has 6 heterocycles. The Balaban J connectivity index is 0.919. The number of ether oxygens (including phenoxy) is 2. The summed E-state index contributed by atoms with van der Waals surface area (Å²) in [6, 6.07) is 82.8. The van der Waals surface area contributed by atoms with Crippen molar-refractivity contribution < 1.29 is 13.9 Å². The van der Waals surface area contributed by atoms with E-state index in [1.165, 1.54) is 31.8 Å². The Kier molecular flexibility index (Phi) is 8.44. The van der Waals surface area contributed by atoms with E-state index in [0.29, 0.717) is 0 Å². The van der Waals surface area contributed by atoms with E-state index in [0.717, 1.165) is 112 Å². The van der Waals surface area contributed by atoms with Gasteiger partial charge < -0.3 is 23.7 Å². The summed E-state index contributed by atoms with van der Waals surface area (Å²) in [5.41, 5.74) is 19.8. The highest BCUT2D eigenvalue weighted by atomic mass is 32.1. The molecular weight excluding hydrogens is 898 g/mol. The zero-order chi connectivity index (χ0) is 47.0. The highest BCUT2D eigenvalue weighted by Gasteiger charge is 2.46. The van der Waals surface area contributed by atoms with Crippen molar-refractivity contribution in [3.63, 3.8) is 0 Å². The summed E-state index contributed by atoms with van der Waals surface area (Å²) < 4.78 is 22.6. The molecule has 8 heteroatoms. The van der Waals surface area contributed by atoms with Crippen molar-refractivity contribution in [2.45, 2.75) is 0 Å². The molecule has 334 valence electrons. The molecule has 0 radical (unpaired) electrons. The number of para-hydroxylation sites is 3. The molecule has 0 saturated heterocycles. The zero-order valence-corrected chi connectivity index (χ0v) is 39.4. The number of hydrogen-bond donors (Lipinski definition) is 0. The molecule has 0 N–H and O–H groups in total. The molecule has 10 aromatic carbocycles. The van der Waals surface area contributed by atoms with Crippen LogP contribution in [0.2, 0.25) is 0 Å². The number of furan rings is 1. The first-order valence-corrected chi connectivity index (χ1v) is 25.4. The van der Waals surface area contributed by atoms with Crippen LogP contribution in [-0.2, 0) is 0 Å². The second-order valence-corrected chi connectivity index (χ2v) is 20.2. The smallest absolute Gasteiger partial charge is 0.268 e. The van der Waals surface area contributed by atoms with E-state index in [1.54, 1.807) is 0 Å². The molecule has 0 fully saturated rings. The Bertz CT molecular complexity index is 4180. The first kappa shape index (κ1) is 39.8. The minimum absolute atomic E-state index is 0.0873. The molecule has 12 aromatic rings. The van der Waals surface area contributed by atoms with Crippen LogP contribution in [0.4, 0.5) is 34.1 Å². The Morgan fingerprint density at radius 3 is 1.35 bits per heavy atom. The number of anilines is 6. The average Bonchev–Trinajstić information content (AvgIpc) is 4.04. The number of hydrogen-bond acceptors (Lipinski definition) is 6. The summed E-state index contributed by atoms with van der Waals surface area (Å²) in [5, 5.41) is 2.10. The fourth-order valence-corrected chi connectivity index (χ4v) is 13.3. The maximum atomic E-state index is 7.20. The summed E-state index contributed by atoms with van der Waals surface area (Å²) in [4.78, 5) is 6.08. The average molecular weight is 937 g/mol. The van der Waals surface area contributed by atoms with Crippen molar-refractivity contribution in [3.8, 4) is 55.7 Å². The minimum Gasteiger partial charge on any atom is -0.458 e. The lowest BCUT2D eigenvalue weighted by Gasteiger charge is -2.40. The van der Waals surface area contributed by atoms with Crippen LogP contribution >= 0.6 is 11.3 Å². The van der Waals surface area contributed by atoms with Crippen LogP contribution in [0.1, 0.15) is 0 Å². The molecule has 5 nitrogen and oxygen atoms in total. The van der Waals surface area contributed by atoms with Crippen molar-refractivity contribution in [1.82, 2.24) is 0 Å². The predicted octanol–water partition coefficient (Wildman–Crippen LogP) is 13.5. The number of rotatable bonds is 5. The van der Waals surface area contributed by atoms with Gasteiger partial charge in [0, 0.05) is 61.0 Å². The summed E-state index contributed by atoms with van der Waals surface area (Å²) in [6.07, 6.45) is 0. The molecule has 16 rings (SSSR count). The first-order valence-electron chi connectivity index (χ1n) is 24.5. The summed E-state index contributed by atoms with van der Waals surface area (Å²) >= 11 is 1.87. The van der Waals surface area contributed by atoms with Crippen molar-refractivity contribution in [2.75, 3.05) is 9.80 Å². The van der Waals surface area contributed by atoms with Crippen LogP contribution in [0.3, 0.4) is 0 Å². The molecule has 0 aliphatic carbocycles. The molecule has 0 atom stereocenters. The van der Waals surface area contributed by atoms with Crippen LogP contribution in [0.5, 0.6) is 23.0 Å². The van der Waals surface area contributed by atoms with E-state index in [-0.39, 0.29) is 13.4 Å². The number of fused-ring (bicyclic) bond motifs is 11. The fourth-order valence-electron chi connectivity index (χ4n) is 12.0. The number of nitrogens with zero attached hydrogens (tertiary/aromatic N) is 2. The Morgan fingerprint density at radius 1 is 0.333 bits per heavy atom. The third-order valence-electron chi connectivity index (χ3n) is 15.1. The highest BCUT2D eigenvalue weighted by Crippen LogP contribution is 2.48. The molecule has 4 aliphatic rings. The van der Waals surface area contributed by atoms with Crippen molar-refractivity contribution in [1.29, 1.82) is 0 Å². The zero-order valence-electron chi connectivity index (χ0n) is 38.6. The Hall–Kier alpha value is -8.97. The van der Waals surface area contributed by atoms with Gasteiger partial charge in [-0.25, -0.2) is 0 Å². The fraction of sp³-hybridized carbons (Fsp3) is 0. The molecule has 0 amide bonds. The maximum absolute atomic E-state index is 7.20. The van der Waals surface area contributed by atoms with Crippen LogP contribution < -0.4 is 51.4 Å². The summed E-state index contributed by atoms with van der Waals surface area (Å²) in [6.45, 7) is -0.186. The maximum Gasteiger partial charge on any atom is 0.268 e. The molecular formula is C64H38B2N2O3S. The van der Waals surface area contributed by atoms with E-state index < -0.39 is 0 Å². The van der Waals surface area contributed by atoms with E-state index in [9.17, 15) is 0 Å². The SMILES string of the molecule is c1ccc(-c2cc3c4c(c2)N(c2ccccc2)c2ccccc2B4c2cc4c(cc2O3)oc2cc3c(cc24)B2c4sc(-c5ccccc5)cc4N(c4ccccc4)c4cc(-c5ccccc5)cc(c42)O3)cc1. The number of thiophene rings is 1. The second-order valence-electron chi connectivity index (χ2n) is 19.1. The normalized spacial score (nSPS) is 13.4. The van der Waals surface area contributed by atoms with Gasteiger partial charge in [-0.1, -0.05) is 158 Å². The van der Waals surface area contributed by atoms with Crippen molar-refractivity contribution in [2.24, 2.45) is 0 Å². The lowest BCUT2D eigenvalue weighted by Crippen LogP contribution is -2.59. The quantitative estimate of drug-likeness (QED) is 0.161. The van der Waals surface area contributed by atoms with E-state index in [2.05, 4.69) is 240 Å². The Morgan fingerprint density at radius 2 is 0.792 bits per heavy atom. The number of benzene rings is 10.